The van der Waals surface area contributed by atoms with Gasteiger partial charge in [0.2, 0.25) is 17.1 Å². The Balaban J connectivity index is -0.000000822. The van der Waals surface area contributed by atoms with Gasteiger partial charge in [-0.25, -0.2) is 4.79 Å². The van der Waals surface area contributed by atoms with Gasteiger partial charge in [0.05, 0.1) is 39.3 Å². The summed E-state index contributed by atoms with van der Waals surface area (Å²) in [5.74, 6) is -2.37. The van der Waals surface area contributed by atoms with E-state index in [2.05, 4.69) is 16.1 Å². The molecule has 1 heterocycles. The minimum Gasteiger partial charge on any atom is -0.466 e. The summed E-state index contributed by atoms with van der Waals surface area (Å²) >= 11 is 22.4. The molecule has 3 aromatic rings. The highest BCUT2D eigenvalue weighted by molar-refractivity contribution is 6.64. The summed E-state index contributed by atoms with van der Waals surface area (Å²) < 4.78 is 18.5. The van der Waals surface area contributed by atoms with Gasteiger partial charge in [-0.15, -0.1) is 0 Å². The molecule has 1 saturated heterocycles. The van der Waals surface area contributed by atoms with Crippen molar-refractivity contribution in [3.63, 3.8) is 0 Å². The number of hydrogen-bond donors (Lipinski definition) is 1. The van der Waals surface area contributed by atoms with E-state index in [1.807, 2.05) is 48.5 Å². The minimum absolute atomic E-state index is 0. The maximum Gasteiger partial charge on any atom is 0.330 e. The molecule has 0 unspecified atom stereocenters. The van der Waals surface area contributed by atoms with Crippen molar-refractivity contribution in [1.29, 1.82) is 0 Å². The van der Waals surface area contributed by atoms with Crippen molar-refractivity contribution in [2.75, 3.05) is 39.5 Å². The third-order valence-corrected chi connectivity index (χ3v) is 8.74. The number of piperidine rings is 1. The van der Waals surface area contributed by atoms with Crippen molar-refractivity contribution in [3.05, 3.63) is 117 Å². The molecule has 1 fully saturated rings. The van der Waals surface area contributed by atoms with Gasteiger partial charge in [-0.3, -0.25) is 33.6 Å². The molecule has 2 N–H and O–H groups in total. The third kappa shape index (κ3) is 33.8. The lowest BCUT2D eigenvalue weighted by molar-refractivity contribution is -0.150. The van der Waals surface area contributed by atoms with Gasteiger partial charge in [0.25, 0.3) is 0 Å². The Labute approximate surface area is 415 Å². The Kier molecular flexibility index (Phi) is 39.2. The topological polar surface area (TPSA) is 206 Å². The van der Waals surface area contributed by atoms with Crippen LogP contribution in [0.25, 0.3) is 0 Å². The number of nitrogens with zero attached hydrogens (tertiary/aromatic N) is 2. The average Bonchev–Trinajstić information content (AvgIpc) is 3.24. The van der Waals surface area contributed by atoms with Gasteiger partial charge >= 0.3 is 23.9 Å². The Hall–Kier alpha value is -5.32. The number of halogens is 4. The predicted molar refractivity (Wildman–Crippen MR) is 262 cm³/mol. The Morgan fingerprint density at radius 1 is 0.701 bits per heavy atom. The second-order valence-electron chi connectivity index (χ2n) is 13.0. The Bertz CT molecular complexity index is 2000. The Morgan fingerprint density at radius 3 is 1.60 bits per heavy atom. The zero-order valence-electron chi connectivity index (χ0n) is 37.0. The van der Waals surface area contributed by atoms with E-state index in [-0.39, 0.29) is 91.1 Å². The first-order valence-electron chi connectivity index (χ1n) is 20.4. The van der Waals surface area contributed by atoms with E-state index in [1.165, 1.54) is 4.90 Å². The van der Waals surface area contributed by atoms with Crippen molar-refractivity contribution in [1.82, 2.24) is 9.80 Å². The smallest absolute Gasteiger partial charge is 0.330 e. The van der Waals surface area contributed by atoms with Gasteiger partial charge in [0.1, 0.15) is 18.6 Å². The summed E-state index contributed by atoms with van der Waals surface area (Å²) in [6.07, 6.45) is 1.01. The van der Waals surface area contributed by atoms with Crippen molar-refractivity contribution < 1.29 is 57.3 Å². The van der Waals surface area contributed by atoms with Crippen LogP contribution in [-0.4, -0.2) is 96.0 Å². The number of nitrogens with two attached hydrogens (primary N) is 1. The van der Waals surface area contributed by atoms with E-state index >= 15 is 0 Å². The molecule has 0 bridgehead atoms. The van der Waals surface area contributed by atoms with Crippen LogP contribution in [0, 0.1) is 0 Å². The van der Waals surface area contributed by atoms with Crippen LogP contribution in [0.3, 0.4) is 0 Å². The molecular formula is C48H65Cl4N3O12. The third-order valence-electron chi connectivity index (χ3n) is 7.90. The maximum atomic E-state index is 12.3. The molecule has 67 heavy (non-hydrogen) atoms. The number of carbonyl (C=O) groups is 8. The van der Waals surface area contributed by atoms with Gasteiger partial charge in [-0.1, -0.05) is 92.6 Å². The summed E-state index contributed by atoms with van der Waals surface area (Å²) in [6, 6.07) is 22.0. The average molecular weight is 1020 g/mol. The lowest BCUT2D eigenvalue weighted by Crippen LogP contribution is -2.38. The van der Waals surface area contributed by atoms with Crippen molar-refractivity contribution in [2.45, 2.75) is 94.3 Å². The zero-order valence-corrected chi connectivity index (χ0v) is 40.0. The number of hydrogen-bond acceptors (Lipinski definition) is 13. The lowest BCUT2D eigenvalue weighted by Gasteiger charge is -2.26. The number of carbonyl (C=O) groups excluding carboxylic acids is 8. The van der Waals surface area contributed by atoms with Crippen LogP contribution >= 0.6 is 46.4 Å². The molecule has 1 aliphatic heterocycles. The van der Waals surface area contributed by atoms with Crippen LogP contribution in [0.2, 0.25) is 15.1 Å². The molecule has 15 nitrogen and oxygen atoms in total. The van der Waals surface area contributed by atoms with E-state index in [9.17, 15) is 38.4 Å². The van der Waals surface area contributed by atoms with E-state index < -0.39 is 29.1 Å². The number of ketones is 1. The van der Waals surface area contributed by atoms with Crippen molar-refractivity contribution >= 4 is 93.1 Å². The van der Waals surface area contributed by atoms with Crippen molar-refractivity contribution in [2.24, 2.45) is 5.73 Å². The molecule has 19 heteroatoms. The molecule has 1 aliphatic rings. The van der Waals surface area contributed by atoms with Gasteiger partial charge < -0.3 is 34.5 Å². The molecule has 4 rings (SSSR count). The number of benzene rings is 3. The zero-order chi connectivity index (χ0) is 49.2. The fraction of sp³-hybridized carbons (Fsp3) is 0.417. The predicted octanol–water partition coefficient (Wildman–Crippen LogP) is 9.12. The first-order chi connectivity index (χ1) is 30.9. The fourth-order valence-corrected chi connectivity index (χ4v) is 5.77. The normalized spacial score (nSPS) is 10.9. The molecule has 2 amide bonds. The van der Waals surface area contributed by atoms with E-state index in [4.69, 9.17) is 61.6 Å². The first kappa shape index (κ1) is 66.0. The summed E-state index contributed by atoms with van der Waals surface area (Å²) in [6.45, 7) is 13.2. The fourth-order valence-electron chi connectivity index (χ4n) is 5.02. The molecule has 0 radical (unpaired) electrons. The minimum atomic E-state index is -0.687. The van der Waals surface area contributed by atoms with Gasteiger partial charge in [0, 0.05) is 60.3 Å². The monoisotopic (exact) mass is 1020 g/mol. The molecule has 372 valence electrons. The standard InChI is InChI=1S/C17H22ClNO5.C12H12ClNO2.C7H8ClN.C5H7ClO3.C5H8O2.2CH4/c1-3-23-16(21)8-9-19(15(20)11-17(22)24-4-2)12-13-6-5-7-14(18)10-13;13-10-3-1-2-9(6-10)8-14-5-4-11(15)7-12(14)16;8-7-3-1-2-6(4-7)5-9;1-2-9-5(8)3-4(6)7;1-3-5(6)7-4-2;;/h5-7,10H,3-4,8-9,11-12H2,1-2H3;1-3,6H,4-5,7-8H2;1-4H,5,9H2;2-3H2,1H3;3H,1,4H2,2H3;2*1H4. The summed E-state index contributed by atoms with van der Waals surface area (Å²) in [5, 5.41) is 1.28. The first-order valence-corrected chi connectivity index (χ1v) is 21.9. The van der Waals surface area contributed by atoms with Crippen LogP contribution in [0.1, 0.15) is 91.3 Å². The number of likely N-dealkylation sites (tertiary alicyclic amines) is 1. The van der Waals surface area contributed by atoms with Crippen LogP contribution < -0.4 is 5.73 Å². The molecule has 3 aromatic carbocycles. The van der Waals surface area contributed by atoms with Crippen LogP contribution in [-0.2, 0) is 76.9 Å². The van der Waals surface area contributed by atoms with Crippen LogP contribution in [0.15, 0.2) is 85.5 Å². The van der Waals surface area contributed by atoms with Gasteiger partial charge in [-0.05, 0) is 92.4 Å². The van der Waals surface area contributed by atoms with Gasteiger partial charge in [-0.2, -0.15) is 0 Å². The van der Waals surface area contributed by atoms with Crippen LogP contribution in [0.4, 0.5) is 0 Å². The number of Topliss-reactive ketones (excluding diaryl/α,β-unsaturated/α-hetero) is 1. The van der Waals surface area contributed by atoms with Crippen LogP contribution in [0.5, 0.6) is 0 Å². The second-order valence-corrected chi connectivity index (χ2v) is 14.8. The van der Waals surface area contributed by atoms with E-state index in [0.29, 0.717) is 42.7 Å². The molecule has 0 spiro atoms. The highest BCUT2D eigenvalue weighted by Crippen LogP contribution is 2.17. The number of rotatable bonds is 17. The van der Waals surface area contributed by atoms with E-state index in [1.54, 1.807) is 56.9 Å². The number of ether oxygens (including phenoxy) is 4. The number of amides is 2. The van der Waals surface area contributed by atoms with Gasteiger partial charge in [0.15, 0.2) is 0 Å². The molecule has 0 aromatic heterocycles. The molecule has 0 aliphatic carbocycles. The summed E-state index contributed by atoms with van der Waals surface area (Å²) in [5.41, 5.74) is 8.24. The molecule has 0 saturated carbocycles. The molecule has 0 atom stereocenters. The van der Waals surface area contributed by atoms with Crippen molar-refractivity contribution in [3.8, 4) is 0 Å². The SMILES string of the molecule is C.C.C=CC(=O)OCC.CCOC(=O)CC(=O)Cl.CCOC(=O)CCN(Cc1cccc(Cl)c1)C(=O)CC(=O)OCC.NCc1cccc(Cl)c1.O=C1CCN(Cc2cccc(Cl)c2)C(=O)C1. The quantitative estimate of drug-likeness (QED) is 0.0441. The maximum absolute atomic E-state index is 12.3. The second kappa shape index (κ2) is 39.8. The van der Waals surface area contributed by atoms with E-state index in [0.717, 1.165) is 27.8 Å². The highest BCUT2D eigenvalue weighted by Gasteiger charge is 2.23. The largest absolute Gasteiger partial charge is 0.466 e. The Morgan fingerprint density at radius 2 is 1.16 bits per heavy atom. The summed E-state index contributed by atoms with van der Waals surface area (Å²) in [4.78, 5) is 91.5. The summed E-state index contributed by atoms with van der Waals surface area (Å²) in [7, 11) is 0. The lowest BCUT2D eigenvalue weighted by atomic mass is 10.1. The number of esters is 4. The highest BCUT2D eigenvalue weighted by atomic mass is 35.5. The molecular weight excluding hydrogens is 952 g/mol.